The van der Waals surface area contributed by atoms with E-state index in [1.807, 2.05) is 44.2 Å². The smallest absolute Gasteiger partial charge is 0.250 e. The van der Waals surface area contributed by atoms with Gasteiger partial charge in [-0.2, -0.15) is 0 Å². The normalized spacial score (nSPS) is 25.5. The van der Waals surface area contributed by atoms with Crippen LogP contribution in [0.4, 0.5) is 0 Å². The lowest BCUT2D eigenvalue weighted by Gasteiger charge is -2.44. The summed E-state index contributed by atoms with van der Waals surface area (Å²) in [6.07, 6.45) is 2.33. The molecule has 1 aliphatic heterocycles. The Morgan fingerprint density at radius 3 is 2.45 bits per heavy atom. The van der Waals surface area contributed by atoms with E-state index in [-0.39, 0.29) is 11.8 Å². The summed E-state index contributed by atoms with van der Waals surface area (Å²) >= 11 is 0. The Balaban J connectivity index is 1.90. The second-order valence-electron chi connectivity index (χ2n) is 6.27. The van der Waals surface area contributed by atoms with E-state index < -0.39 is 11.6 Å². The Bertz CT molecular complexity index is 535. The highest BCUT2D eigenvalue weighted by Crippen LogP contribution is 2.35. The van der Waals surface area contributed by atoms with Crippen molar-refractivity contribution in [1.29, 1.82) is 0 Å². The summed E-state index contributed by atoms with van der Waals surface area (Å²) in [5.74, 6) is 0.500. The van der Waals surface area contributed by atoms with Gasteiger partial charge in [0.05, 0.1) is 0 Å². The van der Waals surface area contributed by atoms with Crippen LogP contribution in [0, 0.1) is 5.92 Å². The zero-order chi connectivity index (χ0) is 14.3. The maximum absolute atomic E-state index is 12.8. The van der Waals surface area contributed by atoms with E-state index in [9.17, 15) is 9.59 Å². The maximum atomic E-state index is 12.8. The Hall–Kier alpha value is -1.84. The van der Waals surface area contributed by atoms with Crippen molar-refractivity contribution in [2.45, 2.75) is 38.3 Å². The summed E-state index contributed by atoms with van der Waals surface area (Å²) in [7, 11) is 0. The first-order valence-electron chi connectivity index (χ1n) is 7.17. The molecule has 1 aromatic carbocycles. The number of carbonyl (C=O) groups is 2. The molecule has 4 heteroatoms. The van der Waals surface area contributed by atoms with Crippen LogP contribution >= 0.6 is 0 Å². The fourth-order valence-electron chi connectivity index (χ4n) is 2.67. The molecule has 3 rings (SSSR count). The molecule has 0 bridgehead atoms. The summed E-state index contributed by atoms with van der Waals surface area (Å²) < 4.78 is 0. The third-order valence-electron chi connectivity index (χ3n) is 4.29. The van der Waals surface area contributed by atoms with Crippen LogP contribution in [0.1, 0.15) is 38.3 Å². The van der Waals surface area contributed by atoms with Gasteiger partial charge in [-0.05, 0) is 38.2 Å². The van der Waals surface area contributed by atoms with Crippen LogP contribution in [-0.2, 0) is 9.59 Å². The second-order valence-corrected chi connectivity index (χ2v) is 6.27. The van der Waals surface area contributed by atoms with E-state index >= 15 is 0 Å². The van der Waals surface area contributed by atoms with Crippen molar-refractivity contribution in [3.8, 4) is 0 Å². The summed E-state index contributed by atoms with van der Waals surface area (Å²) in [5.41, 5.74) is 0.0902. The molecule has 0 radical (unpaired) electrons. The number of benzene rings is 1. The van der Waals surface area contributed by atoms with Gasteiger partial charge in [0, 0.05) is 6.54 Å². The lowest BCUT2D eigenvalue weighted by molar-refractivity contribution is -0.155. The number of rotatable bonds is 3. The molecule has 0 spiro atoms. The molecule has 1 atom stereocenters. The van der Waals surface area contributed by atoms with Crippen LogP contribution in [0.3, 0.4) is 0 Å². The van der Waals surface area contributed by atoms with Crippen LogP contribution in [0.5, 0.6) is 0 Å². The van der Waals surface area contributed by atoms with Gasteiger partial charge in [-0.1, -0.05) is 30.3 Å². The van der Waals surface area contributed by atoms with Crippen molar-refractivity contribution in [3.63, 3.8) is 0 Å². The van der Waals surface area contributed by atoms with Gasteiger partial charge in [0.15, 0.2) is 0 Å². The summed E-state index contributed by atoms with van der Waals surface area (Å²) in [6.45, 7) is 4.34. The highest BCUT2D eigenvalue weighted by Gasteiger charge is 2.48. The van der Waals surface area contributed by atoms with Gasteiger partial charge < -0.3 is 10.2 Å². The zero-order valence-corrected chi connectivity index (χ0v) is 11.9. The molecule has 4 nitrogen and oxygen atoms in total. The zero-order valence-electron chi connectivity index (χ0n) is 11.9. The number of amides is 2. The Labute approximate surface area is 119 Å². The van der Waals surface area contributed by atoms with E-state index in [4.69, 9.17) is 0 Å². The molecular weight excluding hydrogens is 252 g/mol. The molecule has 1 aromatic rings. The highest BCUT2D eigenvalue weighted by atomic mass is 16.2. The predicted octanol–water partition coefficient (Wildman–Crippen LogP) is 1.87. The first-order chi connectivity index (χ1) is 9.50. The molecule has 1 heterocycles. The molecule has 0 aromatic heterocycles. The summed E-state index contributed by atoms with van der Waals surface area (Å²) in [4.78, 5) is 26.9. The minimum Gasteiger partial charge on any atom is -0.338 e. The van der Waals surface area contributed by atoms with Crippen LogP contribution in [0.2, 0.25) is 0 Å². The van der Waals surface area contributed by atoms with Crippen LogP contribution in [0.15, 0.2) is 30.3 Å². The Kier molecular flexibility index (Phi) is 3.04. The molecule has 1 aliphatic carbocycles. The number of carbonyl (C=O) groups excluding carboxylic acids is 2. The standard InChI is InChI=1S/C16H20N2O2/c1-16(2)15(20)17-13(12-6-4-3-5-7-12)14(19)18(16)10-11-8-9-11/h3-7,11,13H,8-10H2,1-2H3,(H,17,20). The molecule has 1 N–H and O–H groups in total. The lowest BCUT2D eigenvalue weighted by atomic mass is 9.92. The third kappa shape index (κ3) is 2.19. The monoisotopic (exact) mass is 272 g/mol. The van der Waals surface area contributed by atoms with E-state index in [0.29, 0.717) is 12.5 Å². The fraction of sp³-hybridized carbons (Fsp3) is 0.500. The number of nitrogens with zero attached hydrogens (tertiary/aromatic N) is 1. The SMILES string of the molecule is CC1(C)C(=O)NC(c2ccccc2)C(=O)N1CC1CC1. The van der Waals surface area contributed by atoms with Gasteiger partial charge >= 0.3 is 0 Å². The molecule has 20 heavy (non-hydrogen) atoms. The van der Waals surface area contributed by atoms with Crippen molar-refractivity contribution < 1.29 is 9.59 Å². The summed E-state index contributed by atoms with van der Waals surface area (Å²) in [5, 5.41) is 2.87. The number of nitrogens with one attached hydrogen (secondary N) is 1. The molecule has 2 aliphatic rings. The number of hydrogen-bond donors (Lipinski definition) is 1. The third-order valence-corrected chi connectivity index (χ3v) is 4.29. The number of piperazine rings is 1. The van der Waals surface area contributed by atoms with Gasteiger partial charge in [-0.15, -0.1) is 0 Å². The van der Waals surface area contributed by atoms with Gasteiger partial charge in [0.1, 0.15) is 11.6 Å². The van der Waals surface area contributed by atoms with Crippen molar-refractivity contribution in [2.24, 2.45) is 5.92 Å². The minimum absolute atomic E-state index is 0.00713. The van der Waals surface area contributed by atoms with E-state index in [1.54, 1.807) is 4.90 Å². The highest BCUT2D eigenvalue weighted by molar-refractivity contribution is 5.99. The van der Waals surface area contributed by atoms with E-state index in [0.717, 1.165) is 18.4 Å². The minimum atomic E-state index is -0.759. The molecular formula is C16H20N2O2. The first kappa shape index (κ1) is 13.2. The molecule has 106 valence electrons. The average Bonchev–Trinajstić information content (AvgIpc) is 3.24. The first-order valence-corrected chi connectivity index (χ1v) is 7.17. The van der Waals surface area contributed by atoms with E-state index in [2.05, 4.69) is 5.32 Å². The quantitative estimate of drug-likeness (QED) is 0.913. The van der Waals surface area contributed by atoms with Crippen molar-refractivity contribution in [1.82, 2.24) is 10.2 Å². The van der Waals surface area contributed by atoms with Crippen LogP contribution in [-0.4, -0.2) is 28.8 Å². The van der Waals surface area contributed by atoms with Gasteiger partial charge in [0.2, 0.25) is 5.91 Å². The topological polar surface area (TPSA) is 49.4 Å². The molecule has 2 fully saturated rings. The van der Waals surface area contributed by atoms with Crippen molar-refractivity contribution in [2.75, 3.05) is 6.54 Å². The molecule has 1 saturated heterocycles. The van der Waals surface area contributed by atoms with Gasteiger partial charge in [-0.25, -0.2) is 0 Å². The Morgan fingerprint density at radius 2 is 1.85 bits per heavy atom. The number of hydrogen-bond acceptors (Lipinski definition) is 2. The summed E-state index contributed by atoms with van der Waals surface area (Å²) in [6, 6.07) is 8.91. The van der Waals surface area contributed by atoms with Crippen molar-refractivity contribution in [3.05, 3.63) is 35.9 Å². The molecule has 1 unspecified atom stereocenters. The van der Waals surface area contributed by atoms with Gasteiger partial charge in [-0.3, -0.25) is 9.59 Å². The largest absolute Gasteiger partial charge is 0.338 e. The lowest BCUT2D eigenvalue weighted by Crippen LogP contribution is -2.65. The maximum Gasteiger partial charge on any atom is 0.250 e. The predicted molar refractivity (Wildman–Crippen MR) is 75.8 cm³/mol. The second kappa shape index (κ2) is 4.62. The van der Waals surface area contributed by atoms with Crippen molar-refractivity contribution >= 4 is 11.8 Å². The van der Waals surface area contributed by atoms with E-state index in [1.165, 1.54) is 0 Å². The van der Waals surface area contributed by atoms with Gasteiger partial charge in [0.25, 0.3) is 5.91 Å². The van der Waals surface area contributed by atoms with Crippen LogP contribution < -0.4 is 5.32 Å². The average molecular weight is 272 g/mol. The Morgan fingerprint density at radius 1 is 1.20 bits per heavy atom. The molecule has 2 amide bonds. The molecule has 1 saturated carbocycles. The fourth-order valence-corrected chi connectivity index (χ4v) is 2.67. The van der Waals surface area contributed by atoms with Crippen LogP contribution in [0.25, 0.3) is 0 Å².